The number of ether oxygens (including phenoxy) is 5. The Kier molecular flexibility index (Phi) is 16.1. The van der Waals surface area contributed by atoms with E-state index < -0.39 is 22.7 Å². The Morgan fingerprint density at radius 1 is 0.661 bits per heavy atom. The van der Waals surface area contributed by atoms with Crippen molar-refractivity contribution in [2.24, 2.45) is 0 Å². The van der Waals surface area contributed by atoms with E-state index in [9.17, 15) is 24.3 Å². The third-order valence-electron chi connectivity index (χ3n) is 12.2. The molecule has 12 nitrogen and oxygen atoms in total. The topological polar surface area (TPSA) is 159 Å². The summed E-state index contributed by atoms with van der Waals surface area (Å²) in [6.07, 6.45) is 6.31. The van der Waals surface area contributed by atoms with Crippen LogP contribution in [0.1, 0.15) is 100 Å². The van der Waals surface area contributed by atoms with Crippen LogP contribution >= 0.6 is 58.0 Å². The van der Waals surface area contributed by atoms with Crippen molar-refractivity contribution in [2.75, 3.05) is 28.4 Å². The number of halogens is 5. The predicted molar refractivity (Wildman–Crippen MR) is 229 cm³/mol. The van der Waals surface area contributed by atoms with Crippen molar-refractivity contribution in [3.05, 3.63) is 78.1 Å². The van der Waals surface area contributed by atoms with Crippen LogP contribution in [0.2, 0.25) is 20.1 Å². The van der Waals surface area contributed by atoms with Crippen LogP contribution in [0.25, 0.3) is 11.1 Å². The molecule has 0 saturated heterocycles. The minimum absolute atomic E-state index is 0.0885. The number of hydrogen-bond acceptors (Lipinski definition) is 10. The fraction of sp³-hybridized carbons (Fsp3) is 0.524. The molecule has 2 aromatic rings. The molecule has 17 heteroatoms. The first-order valence-electron chi connectivity index (χ1n) is 19.1. The standard InChI is InChI=1S/C21H25Cl2NO5.C19H23Cl2NO3.C2H3ClO2/c1-5-20(28-4)6-8-21(9-7-20)17(29-19(26)27-3)16(18(25)24-21)15-12(2)10-13(22)11-14(15)23;1-4-18(25-3)5-7-19(8-6-18)16(23)15(17(24)22-19)14-11(2)9-12(20)10-13(14)21;1-5-2(3)4/h10-11H,5-9H2,1-4H3,(H,24,25);9-10,23H,4-8H2,1-3H3,(H,22,24);1H3. The van der Waals surface area contributed by atoms with Gasteiger partial charge < -0.3 is 39.4 Å². The molecule has 0 unspecified atom stereocenters. The summed E-state index contributed by atoms with van der Waals surface area (Å²) in [6, 6.07) is 6.63. The molecule has 324 valence electrons. The number of aliphatic hydroxyl groups is 1. The van der Waals surface area contributed by atoms with E-state index in [-0.39, 0.29) is 45.7 Å². The number of benzene rings is 2. The fourth-order valence-electron chi connectivity index (χ4n) is 8.52. The zero-order valence-electron chi connectivity index (χ0n) is 34.4. The second kappa shape index (κ2) is 19.6. The van der Waals surface area contributed by atoms with E-state index in [1.165, 1.54) is 14.2 Å². The maximum Gasteiger partial charge on any atom is 0.513 e. The lowest BCUT2D eigenvalue weighted by Crippen LogP contribution is -2.52. The van der Waals surface area contributed by atoms with E-state index >= 15 is 0 Å². The SMILES string of the molecule is CCC1(OC)CCC2(CC1)NC(=O)C(c1c(C)cc(Cl)cc1Cl)=C2O.CCC1(OC)CCC2(CC1)NC(=O)C(c1c(C)cc(Cl)cc1Cl)=C2OC(=O)OC.COC(=O)Cl. The van der Waals surface area contributed by atoms with Gasteiger partial charge in [0.25, 0.3) is 11.8 Å². The lowest BCUT2D eigenvalue weighted by atomic mass is 9.72. The fourth-order valence-corrected chi connectivity index (χ4v) is 9.90. The normalized spacial score (nSPS) is 26.1. The first-order valence-corrected chi connectivity index (χ1v) is 21.0. The summed E-state index contributed by atoms with van der Waals surface area (Å²) in [4.78, 5) is 47.2. The van der Waals surface area contributed by atoms with Gasteiger partial charge in [-0.2, -0.15) is 0 Å². The second-order valence-electron chi connectivity index (χ2n) is 15.1. The van der Waals surface area contributed by atoms with Gasteiger partial charge in [-0.1, -0.05) is 60.3 Å². The Morgan fingerprint density at radius 2 is 1.05 bits per heavy atom. The van der Waals surface area contributed by atoms with Gasteiger partial charge in [0.2, 0.25) is 0 Å². The molecule has 3 N–H and O–H groups in total. The first kappa shape index (κ1) is 48.4. The second-order valence-corrected chi connectivity index (χ2v) is 17.1. The smallest absolute Gasteiger partial charge is 0.509 e. The quantitative estimate of drug-likeness (QED) is 0.180. The maximum absolute atomic E-state index is 13.1. The Morgan fingerprint density at radius 3 is 1.42 bits per heavy atom. The molecule has 0 atom stereocenters. The molecule has 2 spiro atoms. The number of rotatable bonds is 7. The van der Waals surface area contributed by atoms with E-state index in [1.54, 1.807) is 38.5 Å². The van der Waals surface area contributed by atoms with Crippen molar-refractivity contribution in [1.29, 1.82) is 0 Å². The van der Waals surface area contributed by atoms with Crippen LogP contribution in [0.15, 0.2) is 35.8 Å². The highest BCUT2D eigenvalue weighted by atomic mass is 35.5. The molecule has 59 heavy (non-hydrogen) atoms. The van der Waals surface area contributed by atoms with Crippen LogP contribution in [0.3, 0.4) is 0 Å². The molecule has 2 saturated carbocycles. The summed E-state index contributed by atoms with van der Waals surface area (Å²) in [5, 5.41) is 18.7. The molecule has 0 aromatic heterocycles. The number of aliphatic hydroxyl groups excluding tert-OH is 1. The summed E-state index contributed by atoms with van der Waals surface area (Å²) in [7, 11) is 5.88. The largest absolute Gasteiger partial charge is 0.513 e. The molecule has 0 radical (unpaired) electrons. The van der Waals surface area contributed by atoms with Crippen LogP contribution in [0.4, 0.5) is 9.59 Å². The van der Waals surface area contributed by atoms with Crippen molar-refractivity contribution >= 4 is 92.5 Å². The third-order valence-corrected chi connectivity index (χ3v) is 13.4. The highest BCUT2D eigenvalue weighted by Crippen LogP contribution is 2.50. The van der Waals surface area contributed by atoms with Gasteiger partial charge >= 0.3 is 11.6 Å². The van der Waals surface area contributed by atoms with Crippen LogP contribution in [0.5, 0.6) is 0 Å². The first-order chi connectivity index (χ1) is 27.7. The molecular weight excluding hydrogens is 870 g/mol. The van der Waals surface area contributed by atoms with Gasteiger partial charge in [-0.25, -0.2) is 9.59 Å². The number of methoxy groups -OCH3 is 4. The third kappa shape index (κ3) is 10.1. The van der Waals surface area contributed by atoms with Crippen LogP contribution in [-0.2, 0) is 33.3 Å². The molecule has 2 fully saturated rings. The van der Waals surface area contributed by atoms with Crippen molar-refractivity contribution in [3.8, 4) is 0 Å². The van der Waals surface area contributed by atoms with Gasteiger partial charge in [0, 0.05) is 47.0 Å². The van der Waals surface area contributed by atoms with Crippen molar-refractivity contribution in [2.45, 2.75) is 114 Å². The highest BCUT2D eigenvalue weighted by molar-refractivity contribution is 6.61. The van der Waals surface area contributed by atoms with Gasteiger partial charge in [-0.05, 0) is 113 Å². The summed E-state index contributed by atoms with van der Waals surface area (Å²) < 4.78 is 25.6. The van der Waals surface area contributed by atoms with Gasteiger partial charge in [0.1, 0.15) is 5.76 Å². The van der Waals surface area contributed by atoms with Crippen LogP contribution < -0.4 is 10.6 Å². The summed E-state index contributed by atoms with van der Waals surface area (Å²) in [6.45, 7) is 7.83. The van der Waals surface area contributed by atoms with Crippen LogP contribution in [-0.4, -0.2) is 79.2 Å². The number of carbonyl (C=O) groups excluding carboxylic acids is 4. The Hall–Kier alpha value is -3.23. The van der Waals surface area contributed by atoms with Gasteiger partial charge in [0.15, 0.2) is 5.76 Å². The van der Waals surface area contributed by atoms with E-state index in [4.69, 9.17) is 65.4 Å². The van der Waals surface area contributed by atoms with Crippen molar-refractivity contribution in [3.63, 3.8) is 0 Å². The molecule has 0 bridgehead atoms. The lowest BCUT2D eigenvalue weighted by molar-refractivity contribution is -0.118. The monoisotopic (exact) mass is 918 g/mol. The van der Waals surface area contributed by atoms with Crippen molar-refractivity contribution < 1.29 is 48.0 Å². The van der Waals surface area contributed by atoms with Gasteiger partial charge in [-0.3, -0.25) is 9.59 Å². The number of carbonyl (C=O) groups is 4. The average Bonchev–Trinajstić information content (AvgIpc) is 3.59. The predicted octanol–water partition coefficient (Wildman–Crippen LogP) is 10.8. The Balaban J connectivity index is 0.000000236. The van der Waals surface area contributed by atoms with E-state index in [2.05, 4.69) is 40.8 Å². The molecule has 2 amide bonds. The molecule has 6 rings (SSSR count). The Bertz CT molecular complexity index is 1960. The van der Waals surface area contributed by atoms with Gasteiger partial charge in [0.05, 0.1) is 57.7 Å². The maximum atomic E-state index is 13.1. The summed E-state index contributed by atoms with van der Waals surface area (Å²) in [5.41, 5.74) is 0.317. The molecular formula is C42H51Cl5N2O10. The Labute approximate surface area is 370 Å². The van der Waals surface area contributed by atoms with Crippen LogP contribution in [0, 0.1) is 13.8 Å². The van der Waals surface area contributed by atoms with E-state index in [0.29, 0.717) is 62.5 Å². The van der Waals surface area contributed by atoms with E-state index in [1.807, 2.05) is 13.8 Å². The zero-order chi connectivity index (χ0) is 44.1. The number of nitrogens with one attached hydrogen (secondary N) is 2. The summed E-state index contributed by atoms with van der Waals surface area (Å²) in [5.74, 6) is -0.281. The zero-order valence-corrected chi connectivity index (χ0v) is 38.2. The summed E-state index contributed by atoms with van der Waals surface area (Å²) >= 11 is 29.5. The molecule has 2 aromatic carbocycles. The lowest BCUT2D eigenvalue weighted by Gasteiger charge is -2.44. The average molecular weight is 921 g/mol. The van der Waals surface area contributed by atoms with Crippen molar-refractivity contribution in [1.82, 2.24) is 10.6 Å². The van der Waals surface area contributed by atoms with Gasteiger partial charge in [-0.15, -0.1) is 0 Å². The minimum atomic E-state index is -0.879. The minimum Gasteiger partial charge on any atom is -0.509 e. The van der Waals surface area contributed by atoms with E-state index in [0.717, 1.165) is 44.1 Å². The highest BCUT2D eigenvalue weighted by Gasteiger charge is 2.54. The molecule has 2 aliphatic carbocycles. The molecule has 4 aliphatic rings. The number of amides is 2. The number of aryl methyl sites for hydroxylation is 2. The number of hydrogen-bond donors (Lipinski definition) is 3. The molecule has 2 heterocycles. The molecule has 2 aliphatic heterocycles.